The highest BCUT2D eigenvalue weighted by atomic mass is 16.7. The van der Waals surface area contributed by atoms with Gasteiger partial charge in [0, 0.05) is 155 Å². The molecule has 0 aromatic heterocycles. The van der Waals surface area contributed by atoms with E-state index in [4.69, 9.17) is 37.9 Å². The van der Waals surface area contributed by atoms with Gasteiger partial charge in [-0.25, -0.2) is 0 Å². The van der Waals surface area contributed by atoms with Gasteiger partial charge < -0.3 is 104 Å². The van der Waals surface area contributed by atoms with Gasteiger partial charge in [0.15, 0.2) is 11.5 Å². The van der Waals surface area contributed by atoms with Crippen molar-refractivity contribution in [3.05, 3.63) is 106 Å². The monoisotopic (exact) mass is 1520 g/mol. The summed E-state index contributed by atoms with van der Waals surface area (Å²) in [7, 11) is 4.85. The van der Waals surface area contributed by atoms with Crippen LogP contribution in [0.4, 0.5) is 11.4 Å². The number of nitrogens with zero attached hydrogens (tertiary/aromatic N) is 3. The van der Waals surface area contributed by atoms with Crippen LogP contribution in [0.15, 0.2) is 83.4 Å². The molecule has 4 aromatic rings. The molecule has 0 unspecified atom stereocenters. The first-order valence-electron chi connectivity index (χ1n) is 36.2. The molecular formula is C80H105N5O24. The molecule has 0 spiro atoms. The number of ether oxygens (including phenoxy) is 8. The summed E-state index contributed by atoms with van der Waals surface area (Å²) in [6, 6.07) is 1.06. The second-order valence-electron chi connectivity index (χ2n) is 29.5. The molecule has 0 aliphatic carbocycles. The minimum absolute atomic E-state index is 0.0559. The van der Waals surface area contributed by atoms with E-state index in [1.54, 1.807) is 84.7 Å². The van der Waals surface area contributed by atoms with Crippen LogP contribution in [0, 0.1) is 61.2 Å². The Morgan fingerprint density at radius 2 is 0.954 bits per heavy atom. The Morgan fingerprint density at radius 3 is 1.38 bits per heavy atom. The number of hydrazone groups is 1. The van der Waals surface area contributed by atoms with Gasteiger partial charge in [0.05, 0.1) is 94.2 Å². The van der Waals surface area contributed by atoms with Gasteiger partial charge in [-0.1, -0.05) is 91.8 Å². The molecular weight excluding hydrogens is 1410 g/mol. The Hall–Kier alpha value is -9.75. The number of anilines is 2. The molecule has 0 radical (unpaired) electrons. The first-order chi connectivity index (χ1) is 51.1. The number of methoxy groups -OCH3 is 2. The van der Waals surface area contributed by atoms with Crippen molar-refractivity contribution in [2.75, 3.05) is 58.1 Å². The van der Waals surface area contributed by atoms with E-state index in [1.807, 2.05) is 7.05 Å². The molecule has 2 amide bonds. The Morgan fingerprint density at radius 1 is 0.541 bits per heavy atom. The number of nitrogens with one attached hydrogen (secondary N) is 2. The van der Waals surface area contributed by atoms with Gasteiger partial charge in [-0.15, -0.1) is 0 Å². The summed E-state index contributed by atoms with van der Waals surface area (Å²) in [6.45, 7) is 27.6. The maximum absolute atomic E-state index is 14.4. The number of phenolic OH excluding ortho intramolecular Hbond substituents is 6. The lowest BCUT2D eigenvalue weighted by Gasteiger charge is -2.38. The largest absolute Gasteiger partial charge is 0.507 e. The molecule has 109 heavy (non-hydrogen) atoms. The van der Waals surface area contributed by atoms with Gasteiger partial charge in [-0.05, 0) is 46.9 Å². The summed E-state index contributed by atoms with van der Waals surface area (Å²) in [4.78, 5) is 81.9. The molecule has 1 saturated heterocycles. The third-order valence-electron chi connectivity index (χ3n) is 21.7. The van der Waals surface area contributed by atoms with Crippen molar-refractivity contribution in [1.82, 2.24) is 9.91 Å². The van der Waals surface area contributed by atoms with Gasteiger partial charge >= 0.3 is 23.5 Å². The average Bonchev–Trinajstić information content (AvgIpc) is 1.62. The lowest BCUT2D eigenvalue weighted by Crippen LogP contribution is -2.46. The van der Waals surface area contributed by atoms with E-state index >= 15 is 0 Å². The van der Waals surface area contributed by atoms with Crippen molar-refractivity contribution in [3.63, 3.8) is 0 Å². The van der Waals surface area contributed by atoms with Crippen molar-refractivity contribution < 1.29 is 118 Å². The molecule has 594 valence electrons. The van der Waals surface area contributed by atoms with Crippen LogP contribution in [-0.2, 0) is 47.6 Å². The number of carbonyl (C=O) groups excluding carboxylic acids is 6. The number of amides is 2. The minimum Gasteiger partial charge on any atom is -0.507 e. The van der Waals surface area contributed by atoms with Gasteiger partial charge in [0.1, 0.15) is 46.7 Å². The predicted molar refractivity (Wildman–Crippen MR) is 404 cm³/mol. The second kappa shape index (κ2) is 34.4. The maximum atomic E-state index is 14.4. The van der Waals surface area contributed by atoms with Crippen molar-refractivity contribution in [2.45, 2.75) is 171 Å². The fourth-order valence-electron chi connectivity index (χ4n) is 14.6. The van der Waals surface area contributed by atoms with Crippen LogP contribution in [0.1, 0.15) is 134 Å². The molecule has 7 aliphatic rings. The van der Waals surface area contributed by atoms with Gasteiger partial charge in [-0.3, -0.25) is 33.8 Å². The van der Waals surface area contributed by atoms with Crippen LogP contribution in [0.25, 0.3) is 21.5 Å². The predicted octanol–water partition coefficient (Wildman–Crippen LogP) is 9.09. The highest BCUT2D eigenvalue weighted by molar-refractivity contribution is 6.24. The number of aliphatic hydroxyl groups excluding tert-OH is 4. The van der Waals surface area contributed by atoms with E-state index in [2.05, 4.69) is 20.6 Å². The molecule has 29 nitrogen and oxygen atoms in total. The van der Waals surface area contributed by atoms with Crippen molar-refractivity contribution in [3.8, 4) is 46.0 Å². The SMILES string of the molecule is CO[C@H]1/C=C\O[C@@]2(C)Oc3c(C)c(O)c4c(O)c(c(/C=N/N5CCN(C)CC5)c(O)c4c3C2=O)NC(=O)/C(C)=C\C=C/[C@H](C)[C@H](O)[C@@H](C)[C@@H](O)[C@@H](C)[C@H](OC(C)=O)[C@@H]1C.CO[C@H]1/C=C\O[C@@]2(C)Oc3c(C)c(O)c4c(O)c(cc(O)c4c3C2=O)NC(=O)/C(C)=C\C=C/[C@H](C)[C@H](O)[C@@H](C)[C@@H](O)[C@@H](C)[C@H](OC(C)=O)[C@@H]1C. The van der Waals surface area contributed by atoms with Crippen molar-refractivity contribution in [2.24, 2.45) is 52.4 Å². The fourth-order valence-corrected chi connectivity index (χ4v) is 14.6. The first kappa shape index (κ1) is 84.9. The average molecular weight is 1520 g/mol. The van der Waals surface area contributed by atoms with Crippen LogP contribution in [0.3, 0.4) is 0 Å². The number of phenols is 6. The highest BCUT2D eigenvalue weighted by Crippen LogP contribution is 2.57. The molecule has 7 heterocycles. The number of hydrogen-bond acceptors (Lipinski definition) is 27. The van der Waals surface area contributed by atoms with Crippen molar-refractivity contribution in [1.29, 1.82) is 0 Å². The standard InChI is InChI=1S/C43H58N4O12.C37H47NO12/c1-21-12-11-13-22(2)42(55)45-33-28(20-44-47-17-15-46(9)16-18-47)37(52)30-31(38(33)53)36(51)26(6)40-32(30)41(54)43(8,59-40)57-19-14-29(56-10)23(3)39(58-27(7)48)25(5)35(50)24(4)34(21)49;1-16-11-10-12-17(2)36(46)38-23-15-24(40)26-27(32(23)44)31(43)21(6)34-28(26)35(45)37(8,50-34)48-14-13-25(47-9)18(3)33(49-22(7)39)20(5)30(42)19(4)29(16)41/h11-14,19-21,23-25,29,34-35,39,49-53H,15-18H2,1-10H3,(H,45,55);10-16,18-20,25,29-30,33,40-44H,1-9H3,(H,38,46)/b12-11-,19-14-,22-13-,44-20+;11-10-,14-13-,17-12-/t21-,23+,24+,25+,29-,34-,35+,39+,43-;16-,18+,19+,20+,25-,29-,30+,33+,37-/m00/s1. The number of esters is 2. The quantitative estimate of drug-likeness (QED) is 0.0370. The molecule has 0 saturated carbocycles. The number of benzene rings is 4. The number of piperazine rings is 1. The molecule has 7 aliphatic heterocycles. The smallest absolute Gasteiger partial charge is 0.312 e. The Bertz CT molecular complexity index is 4380. The number of aliphatic hydroxyl groups is 4. The Balaban J connectivity index is 0.000000278. The molecule has 1 fully saturated rings. The third-order valence-corrected chi connectivity index (χ3v) is 21.7. The number of carbonyl (C=O) groups is 6. The lowest BCUT2D eigenvalue weighted by molar-refractivity contribution is -0.161. The van der Waals surface area contributed by atoms with Crippen LogP contribution in [0.5, 0.6) is 46.0 Å². The third kappa shape index (κ3) is 17.3. The number of ketones is 2. The zero-order chi connectivity index (χ0) is 81.1. The number of hydrogen-bond donors (Lipinski definition) is 12. The number of allylic oxidation sites excluding steroid dienone is 4. The summed E-state index contributed by atoms with van der Waals surface area (Å²) in [6.07, 6.45) is 8.48. The van der Waals surface area contributed by atoms with Gasteiger partial charge in [-0.2, -0.15) is 5.10 Å². The fraction of sp³-hybridized carbons (Fsp3) is 0.512. The zero-order valence-electron chi connectivity index (χ0n) is 65.0. The number of fused-ring (bicyclic) bond motifs is 28. The van der Waals surface area contributed by atoms with Gasteiger partial charge in [0.2, 0.25) is 0 Å². The highest BCUT2D eigenvalue weighted by Gasteiger charge is 2.52. The molecule has 18 atom stereocenters. The Kier molecular flexibility index (Phi) is 26.8. The summed E-state index contributed by atoms with van der Waals surface area (Å²) >= 11 is 0. The van der Waals surface area contributed by atoms with Gasteiger partial charge in [0.25, 0.3) is 23.4 Å². The molecule has 10 bridgehead atoms. The summed E-state index contributed by atoms with van der Waals surface area (Å²) in [5.41, 5.74) is -0.443. The van der Waals surface area contributed by atoms with E-state index in [0.717, 1.165) is 19.2 Å². The Labute approximate surface area is 633 Å². The van der Waals surface area contributed by atoms with Crippen molar-refractivity contribution >= 4 is 74.5 Å². The molecule has 11 rings (SSSR count). The van der Waals surface area contributed by atoms with E-state index in [0.29, 0.717) is 13.1 Å². The minimum atomic E-state index is -2.04. The maximum Gasteiger partial charge on any atom is 0.312 e. The number of likely N-dealkylation sites (N-methyl/N-ethyl adjacent to an activating group) is 1. The summed E-state index contributed by atoms with van der Waals surface area (Å²) < 4.78 is 46.8. The van der Waals surface area contributed by atoms with E-state index in [1.165, 1.54) is 113 Å². The van der Waals surface area contributed by atoms with E-state index in [9.17, 15) is 79.8 Å². The van der Waals surface area contributed by atoms with Crippen LogP contribution in [-0.4, -0.2) is 210 Å². The molecule has 4 aromatic carbocycles. The van der Waals surface area contributed by atoms with Crippen LogP contribution in [0.2, 0.25) is 0 Å². The normalized spacial score (nSPS) is 32.6. The second-order valence-corrected chi connectivity index (χ2v) is 29.5. The summed E-state index contributed by atoms with van der Waals surface area (Å²) in [5, 5.41) is 125. The number of Topliss-reactive ketones (excluding diaryl/α,β-unsaturated/α-hetero) is 2. The van der Waals surface area contributed by atoms with E-state index in [-0.39, 0.29) is 83.4 Å². The van der Waals surface area contributed by atoms with Crippen LogP contribution >= 0.6 is 0 Å². The van der Waals surface area contributed by atoms with Crippen LogP contribution < -0.4 is 20.1 Å². The first-order valence-corrected chi connectivity index (χ1v) is 36.2. The zero-order valence-corrected chi connectivity index (χ0v) is 65.0. The molecule has 12 N–H and O–H groups in total. The summed E-state index contributed by atoms with van der Waals surface area (Å²) in [5.74, 6) is -16.3. The number of rotatable bonds is 6. The topological polar surface area (TPSA) is 421 Å². The molecule has 29 heteroatoms. The van der Waals surface area contributed by atoms with E-state index < -0.39 is 178 Å². The lowest BCUT2D eigenvalue weighted by atomic mass is 9.78. The number of aromatic hydroxyl groups is 6.